The monoisotopic (exact) mass is 191 g/mol. The molecule has 76 valence electrons. The lowest BCUT2D eigenvalue weighted by Gasteiger charge is -2.10. The molecule has 1 aliphatic carbocycles. The molecule has 0 atom stereocenters. The third kappa shape index (κ3) is 1.90. The maximum absolute atomic E-state index is 9.51. The molecule has 2 nitrogen and oxygen atoms in total. The normalized spacial score (nSPS) is 18.1. The third-order valence-corrected chi connectivity index (χ3v) is 3.20. The van der Waals surface area contributed by atoms with Gasteiger partial charge in [0, 0.05) is 5.54 Å². The summed E-state index contributed by atoms with van der Waals surface area (Å²) in [5.74, 6) is 0.393. The molecule has 0 aliphatic heterocycles. The van der Waals surface area contributed by atoms with Gasteiger partial charge < -0.3 is 10.8 Å². The maximum atomic E-state index is 9.51. The fourth-order valence-electron chi connectivity index (χ4n) is 1.73. The SMILES string of the molecule is Cc1c(O)cccc1CCC1(N)CC1. The quantitative estimate of drug-likeness (QED) is 0.768. The first-order valence-electron chi connectivity index (χ1n) is 5.17. The lowest BCUT2D eigenvalue weighted by atomic mass is 10.00. The van der Waals surface area contributed by atoms with Crippen molar-refractivity contribution in [2.45, 2.75) is 38.1 Å². The van der Waals surface area contributed by atoms with Crippen molar-refractivity contribution >= 4 is 0 Å². The number of aromatic hydroxyl groups is 1. The molecule has 0 aromatic heterocycles. The van der Waals surface area contributed by atoms with Gasteiger partial charge >= 0.3 is 0 Å². The Morgan fingerprint density at radius 2 is 2.14 bits per heavy atom. The Labute approximate surface area is 84.7 Å². The van der Waals surface area contributed by atoms with Crippen molar-refractivity contribution in [2.75, 3.05) is 0 Å². The summed E-state index contributed by atoms with van der Waals surface area (Å²) in [5, 5.41) is 9.51. The van der Waals surface area contributed by atoms with Gasteiger partial charge in [0.2, 0.25) is 0 Å². The van der Waals surface area contributed by atoms with Gasteiger partial charge in [-0.25, -0.2) is 0 Å². The number of phenolic OH excluding ortho intramolecular Hbond substituents is 1. The summed E-state index contributed by atoms with van der Waals surface area (Å²) in [6.45, 7) is 1.96. The van der Waals surface area contributed by atoms with Gasteiger partial charge in [-0.1, -0.05) is 12.1 Å². The largest absolute Gasteiger partial charge is 0.508 e. The molecule has 0 spiro atoms. The molecule has 14 heavy (non-hydrogen) atoms. The summed E-state index contributed by atoms with van der Waals surface area (Å²) in [4.78, 5) is 0. The molecule has 1 fully saturated rings. The van der Waals surface area contributed by atoms with Crippen LogP contribution in [0.4, 0.5) is 0 Å². The van der Waals surface area contributed by atoms with E-state index in [1.807, 2.05) is 13.0 Å². The smallest absolute Gasteiger partial charge is 0.118 e. The molecule has 0 saturated heterocycles. The van der Waals surface area contributed by atoms with Gasteiger partial charge in [0.25, 0.3) is 0 Å². The van der Waals surface area contributed by atoms with Gasteiger partial charge in [-0.15, -0.1) is 0 Å². The Morgan fingerprint density at radius 1 is 1.43 bits per heavy atom. The van der Waals surface area contributed by atoms with Crippen molar-refractivity contribution in [3.63, 3.8) is 0 Å². The van der Waals surface area contributed by atoms with E-state index in [0.717, 1.165) is 31.2 Å². The van der Waals surface area contributed by atoms with E-state index in [1.54, 1.807) is 6.07 Å². The highest BCUT2D eigenvalue weighted by atomic mass is 16.3. The average molecular weight is 191 g/mol. The van der Waals surface area contributed by atoms with E-state index < -0.39 is 0 Å². The molecular formula is C12H17NO. The molecule has 2 rings (SSSR count). The van der Waals surface area contributed by atoms with Gasteiger partial charge in [-0.3, -0.25) is 0 Å². The number of aryl methyl sites for hydroxylation is 1. The number of hydrogen-bond acceptors (Lipinski definition) is 2. The van der Waals surface area contributed by atoms with Crippen LogP contribution in [-0.2, 0) is 6.42 Å². The molecule has 0 unspecified atom stereocenters. The lowest BCUT2D eigenvalue weighted by molar-refractivity contribution is 0.469. The van der Waals surface area contributed by atoms with Crippen LogP contribution in [-0.4, -0.2) is 10.6 Å². The molecule has 2 heteroatoms. The highest BCUT2D eigenvalue weighted by molar-refractivity contribution is 5.38. The summed E-state index contributed by atoms with van der Waals surface area (Å²) in [6, 6.07) is 5.70. The molecule has 3 N–H and O–H groups in total. The lowest BCUT2D eigenvalue weighted by Crippen LogP contribution is -2.22. The van der Waals surface area contributed by atoms with E-state index in [-0.39, 0.29) is 5.54 Å². The van der Waals surface area contributed by atoms with E-state index in [2.05, 4.69) is 6.07 Å². The second-order valence-electron chi connectivity index (χ2n) is 4.42. The Bertz CT molecular complexity index is 342. The van der Waals surface area contributed by atoms with E-state index in [1.165, 1.54) is 5.56 Å². The summed E-state index contributed by atoms with van der Waals surface area (Å²) in [5.41, 5.74) is 8.35. The standard InChI is InChI=1S/C12H17NO/c1-9-10(3-2-4-11(9)14)5-6-12(13)7-8-12/h2-4,14H,5-8,13H2,1H3. The van der Waals surface area contributed by atoms with Crippen LogP contribution in [0.25, 0.3) is 0 Å². The van der Waals surface area contributed by atoms with Crippen LogP contribution < -0.4 is 5.73 Å². The van der Waals surface area contributed by atoms with Gasteiger partial charge in [-0.2, -0.15) is 0 Å². The zero-order chi connectivity index (χ0) is 10.2. The zero-order valence-electron chi connectivity index (χ0n) is 8.59. The molecule has 1 aliphatic rings. The van der Waals surface area contributed by atoms with Gasteiger partial charge in [0.15, 0.2) is 0 Å². The van der Waals surface area contributed by atoms with Gasteiger partial charge in [0.05, 0.1) is 0 Å². The van der Waals surface area contributed by atoms with Crippen LogP contribution >= 0.6 is 0 Å². The second kappa shape index (κ2) is 3.28. The van der Waals surface area contributed by atoms with Gasteiger partial charge in [0.1, 0.15) is 5.75 Å². The Hall–Kier alpha value is -1.02. The van der Waals surface area contributed by atoms with E-state index in [9.17, 15) is 5.11 Å². The van der Waals surface area contributed by atoms with Crippen molar-refractivity contribution in [2.24, 2.45) is 5.73 Å². The fourth-order valence-corrected chi connectivity index (χ4v) is 1.73. The van der Waals surface area contributed by atoms with Crippen LogP contribution in [0.15, 0.2) is 18.2 Å². The minimum Gasteiger partial charge on any atom is -0.508 e. The number of nitrogens with two attached hydrogens (primary N) is 1. The van der Waals surface area contributed by atoms with E-state index in [0.29, 0.717) is 5.75 Å². The number of phenols is 1. The summed E-state index contributed by atoms with van der Waals surface area (Å²) < 4.78 is 0. The summed E-state index contributed by atoms with van der Waals surface area (Å²) in [6.07, 6.45) is 4.34. The number of rotatable bonds is 3. The van der Waals surface area contributed by atoms with Crippen molar-refractivity contribution in [1.29, 1.82) is 0 Å². The summed E-state index contributed by atoms with van der Waals surface area (Å²) >= 11 is 0. The van der Waals surface area contributed by atoms with Crippen LogP contribution in [0, 0.1) is 6.92 Å². The van der Waals surface area contributed by atoms with Crippen LogP contribution in [0.1, 0.15) is 30.4 Å². The van der Waals surface area contributed by atoms with Crippen LogP contribution in [0.2, 0.25) is 0 Å². The topological polar surface area (TPSA) is 46.2 Å². The zero-order valence-corrected chi connectivity index (χ0v) is 8.59. The molecular weight excluding hydrogens is 174 g/mol. The third-order valence-electron chi connectivity index (χ3n) is 3.20. The Morgan fingerprint density at radius 3 is 2.79 bits per heavy atom. The molecule has 0 radical (unpaired) electrons. The highest BCUT2D eigenvalue weighted by Gasteiger charge is 2.37. The summed E-state index contributed by atoms with van der Waals surface area (Å²) in [7, 11) is 0. The van der Waals surface area contributed by atoms with Crippen molar-refractivity contribution < 1.29 is 5.11 Å². The number of hydrogen-bond donors (Lipinski definition) is 2. The molecule has 1 aromatic carbocycles. The predicted octanol–water partition coefficient (Wildman–Crippen LogP) is 2.12. The second-order valence-corrected chi connectivity index (χ2v) is 4.42. The predicted molar refractivity (Wildman–Crippen MR) is 57.3 cm³/mol. The van der Waals surface area contributed by atoms with E-state index in [4.69, 9.17) is 5.73 Å². The molecule has 0 heterocycles. The highest BCUT2D eigenvalue weighted by Crippen LogP contribution is 2.37. The molecule has 1 aromatic rings. The molecule has 0 amide bonds. The minimum absolute atomic E-state index is 0.109. The van der Waals surface area contributed by atoms with E-state index >= 15 is 0 Å². The number of benzene rings is 1. The van der Waals surface area contributed by atoms with Crippen LogP contribution in [0.3, 0.4) is 0 Å². The molecule has 0 bridgehead atoms. The minimum atomic E-state index is 0.109. The molecule has 1 saturated carbocycles. The first-order chi connectivity index (χ1) is 6.61. The Balaban J connectivity index is 2.05. The Kier molecular flexibility index (Phi) is 2.23. The first-order valence-corrected chi connectivity index (χ1v) is 5.17. The van der Waals surface area contributed by atoms with Crippen molar-refractivity contribution in [3.8, 4) is 5.75 Å². The van der Waals surface area contributed by atoms with Crippen molar-refractivity contribution in [3.05, 3.63) is 29.3 Å². The average Bonchev–Trinajstić information content (AvgIpc) is 2.88. The van der Waals surface area contributed by atoms with Gasteiger partial charge in [-0.05, 0) is 49.8 Å². The maximum Gasteiger partial charge on any atom is 0.118 e. The van der Waals surface area contributed by atoms with Crippen molar-refractivity contribution in [1.82, 2.24) is 0 Å². The fraction of sp³-hybridized carbons (Fsp3) is 0.500. The van der Waals surface area contributed by atoms with Crippen LogP contribution in [0.5, 0.6) is 5.75 Å². The first kappa shape index (κ1) is 9.53.